The first-order valence-electron chi connectivity index (χ1n) is 6.50. The smallest absolute Gasteiger partial charge is 0.237 e. The van der Waals surface area contributed by atoms with Gasteiger partial charge < -0.3 is 11.1 Å². The summed E-state index contributed by atoms with van der Waals surface area (Å²) >= 11 is 3.41. The molecule has 4 heteroatoms. The average Bonchev–Trinajstić information content (AvgIpc) is 2.29. The van der Waals surface area contributed by atoms with Gasteiger partial charge in [0.1, 0.15) is 0 Å². The van der Waals surface area contributed by atoms with Gasteiger partial charge in [-0.15, -0.1) is 0 Å². The minimum absolute atomic E-state index is 0.0714. The first kappa shape index (κ1) is 16.2. The van der Waals surface area contributed by atoms with Gasteiger partial charge in [-0.1, -0.05) is 48.8 Å². The van der Waals surface area contributed by atoms with Crippen molar-refractivity contribution >= 4 is 21.8 Å². The molecule has 2 unspecified atom stereocenters. The van der Waals surface area contributed by atoms with E-state index in [1.54, 1.807) is 0 Å². The van der Waals surface area contributed by atoms with Crippen LogP contribution in [0.25, 0.3) is 0 Å². The van der Waals surface area contributed by atoms with E-state index in [9.17, 15) is 4.79 Å². The molecule has 0 saturated heterocycles. The van der Waals surface area contributed by atoms with E-state index >= 15 is 0 Å². The van der Waals surface area contributed by atoms with Crippen LogP contribution >= 0.6 is 15.9 Å². The quantitative estimate of drug-likeness (QED) is 0.893. The van der Waals surface area contributed by atoms with Crippen LogP contribution in [0.4, 0.5) is 0 Å². The first-order chi connectivity index (χ1) is 8.70. The summed E-state index contributed by atoms with van der Waals surface area (Å²) < 4.78 is 1.06. The fourth-order valence-electron chi connectivity index (χ4n) is 1.75. The van der Waals surface area contributed by atoms with Crippen LogP contribution in [0.5, 0.6) is 0 Å². The lowest BCUT2D eigenvalue weighted by Gasteiger charge is -2.27. The summed E-state index contributed by atoms with van der Waals surface area (Å²) in [5, 5.41) is 2.97. The molecule has 3 nitrogen and oxygen atoms in total. The van der Waals surface area contributed by atoms with Gasteiger partial charge in [0.15, 0.2) is 0 Å². The molecule has 1 aromatic carbocycles. The van der Waals surface area contributed by atoms with Crippen molar-refractivity contribution in [2.45, 2.75) is 46.2 Å². The van der Waals surface area contributed by atoms with E-state index in [2.05, 4.69) is 33.4 Å². The summed E-state index contributed by atoms with van der Waals surface area (Å²) in [4.78, 5) is 12.0. The van der Waals surface area contributed by atoms with Crippen LogP contribution in [-0.4, -0.2) is 18.0 Å². The van der Waals surface area contributed by atoms with E-state index in [1.807, 2.05) is 39.8 Å². The van der Waals surface area contributed by atoms with Gasteiger partial charge in [0, 0.05) is 10.5 Å². The maximum Gasteiger partial charge on any atom is 0.237 e. The van der Waals surface area contributed by atoms with E-state index in [0.717, 1.165) is 10.9 Å². The number of carbonyl (C=O) groups excluding carboxylic acids is 1. The van der Waals surface area contributed by atoms with Crippen molar-refractivity contribution in [2.24, 2.45) is 11.1 Å². The minimum atomic E-state index is -0.486. The van der Waals surface area contributed by atoms with Gasteiger partial charge in [-0.3, -0.25) is 4.79 Å². The van der Waals surface area contributed by atoms with Gasteiger partial charge in [0.2, 0.25) is 5.91 Å². The fraction of sp³-hybridized carbons (Fsp3) is 0.533. The molecule has 0 saturated carbocycles. The molecule has 0 aliphatic carbocycles. The van der Waals surface area contributed by atoms with Crippen LogP contribution in [-0.2, 0) is 11.2 Å². The highest BCUT2D eigenvalue weighted by Gasteiger charge is 2.28. The number of nitrogens with two attached hydrogens (primary N) is 1. The molecule has 2 atom stereocenters. The molecule has 3 N–H and O–H groups in total. The Kier molecular flexibility index (Phi) is 5.56. The number of halogens is 1. The monoisotopic (exact) mass is 326 g/mol. The Hall–Kier alpha value is -0.870. The predicted octanol–water partition coefficient (Wildman–Crippen LogP) is 2.87. The third-order valence-electron chi connectivity index (χ3n) is 3.06. The maximum absolute atomic E-state index is 12.0. The summed E-state index contributed by atoms with van der Waals surface area (Å²) in [7, 11) is 0. The lowest BCUT2D eigenvalue weighted by Crippen LogP contribution is -2.51. The maximum atomic E-state index is 12.0. The zero-order valence-electron chi connectivity index (χ0n) is 12.0. The molecule has 1 aromatic rings. The zero-order chi connectivity index (χ0) is 14.6. The predicted molar refractivity (Wildman–Crippen MR) is 82.9 cm³/mol. The topological polar surface area (TPSA) is 55.1 Å². The van der Waals surface area contributed by atoms with Crippen molar-refractivity contribution < 1.29 is 4.79 Å². The number of benzene rings is 1. The summed E-state index contributed by atoms with van der Waals surface area (Å²) in [5.74, 6) is -0.0860. The second-order valence-electron chi connectivity index (χ2n) is 6.08. The molecule has 106 valence electrons. The largest absolute Gasteiger partial charge is 0.352 e. The van der Waals surface area contributed by atoms with Gasteiger partial charge in [0.05, 0.1) is 6.04 Å². The third-order valence-corrected chi connectivity index (χ3v) is 3.59. The summed E-state index contributed by atoms with van der Waals surface area (Å²) in [5.41, 5.74) is 6.91. The van der Waals surface area contributed by atoms with Crippen molar-refractivity contribution in [3.05, 3.63) is 34.3 Å². The molecule has 0 heterocycles. The second kappa shape index (κ2) is 6.53. The molecule has 0 bridgehead atoms. The Balaban J connectivity index is 2.53. The highest BCUT2D eigenvalue weighted by atomic mass is 79.9. The summed E-state index contributed by atoms with van der Waals surface area (Å²) in [6.07, 6.45) is 0.801. The van der Waals surface area contributed by atoms with Gasteiger partial charge in [-0.05, 0) is 36.5 Å². The highest BCUT2D eigenvalue weighted by Crippen LogP contribution is 2.17. The second-order valence-corrected chi connectivity index (χ2v) is 7.00. The molecule has 19 heavy (non-hydrogen) atoms. The molecule has 1 rings (SSSR count). The van der Waals surface area contributed by atoms with Gasteiger partial charge >= 0.3 is 0 Å². The molecule has 0 aromatic heterocycles. The van der Waals surface area contributed by atoms with E-state index in [-0.39, 0.29) is 17.4 Å². The molecule has 1 amide bonds. The van der Waals surface area contributed by atoms with Crippen molar-refractivity contribution in [3.63, 3.8) is 0 Å². The number of nitrogens with one attached hydrogen (secondary N) is 1. The fourth-order valence-corrected chi connectivity index (χ4v) is 2.02. The standard InChI is InChI=1S/C15H23BrN2O/c1-10(9-11-5-7-12(16)8-6-11)18-14(19)13(17)15(2,3)4/h5-8,10,13H,9,17H2,1-4H3,(H,18,19). The van der Waals surface area contributed by atoms with Crippen LogP contribution < -0.4 is 11.1 Å². The lowest BCUT2D eigenvalue weighted by molar-refractivity contribution is -0.125. The number of amides is 1. The Morgan fingerprint density at radius 3 is 2.32 bits per heavy atom. The first-order valence-corrected chi connectivity index (χ1v) is 7.30. The Morgan fingerprint density at radius 2 is 1.84 bits per heavy atom. The van der Waals surface area contributed by atoms with Crippen LogP contribution in [0.1, 0.15) is 33.3 Å². The Morgan fingerprint density at radius 1 is 1.32 bits per heavy atom. The average molecular weight is 327 g/mol. The van der Waals surface area contributed by atoms with Crippen LogP contribution in [0, 0.1) is 5.41 Å². The highest BCUT2D eigenvalue weighted by molar-refractivity contribution is 9.10. The summed E-state index contributed by atoms with van der Waals surface area (Å²) in [6.45, 7) is 7.90. The zero-order valence-corrected chi connectivity index (χ0v) is 13.6. The number of hydrogen-bond acceptors (Lipinski definition) is 2. The van der Waals surface area contributed by atoms with Gasteiger partial charge in [0.25, 0.3) is 0 Å². The van der Waals surface area contributed by atoms with Crippen LogP contribution in [0.3, 0.4) is 0 Å². The Bertz CT molecular complexity index is 423. The number of hydrogen-bond donors (Lipinski definition) is 2. The van der Waals surface area contributed by atoms with Crippen molar-refractivity contribution in [3.8, 4) is 0 Å². The van der Waals surface area contributed by atoms with Crippen molar-refractivity contribution in [1.29, 1.82) is 0 Å². The van der Waals surface area contributed by atoms with E-state index in [4.69, 9.17) is 5.73 Å². The molecule has 0 radical (unpaired) electrons. The van der Waals surface area contributed by atoms with Crippen LogP contribution in [0.15, 0.2) is 28.7 Å². The van der Waals surface area contributed by atoms with E-state index in [0.29, 0.717) is 0 Å². The lowest BCUT2D eigenvalue weighted by atomic mass is 9.87. The summed E-state index contributed by atoms with van der Waals surface area (Å²) in [6, 6.07) is 7.70. The molecule has 0 fully saturated rings. The Labute approximate surface area is 124 Å². The number of carbonyl (C=O) groups is 1. The van der Waals surface area contributed by atoms with Crippen molar-refractivity contribution in [1.82, 2.24) is 5.32 Å². The SMILES string of the molecule is CC(Cc1ccc(Br)cc1)NC(=O)C(N)C(C)(C)C. The van der Waals surface area contributed by atoms with Gasteiger partial charge in [-0.2, -0.15) is 0 Å². The molecule has 0 aliphatic heterocycles. The molecular formula is C15H23BrN2O. The van der Waals surface area contributed by atoms with Crippen LogP contribution in [0.2, 0.25) is 0 Å². The third kappa shape index (κ3) is 5.33. The van der Waals surface area contributed by atoms with Crippen molar-refractivity contribution in [2.75, 3.05) is 0 Å². The normalized spacial score (nSPS) is 14.8. The van der Waals surface area contributed by atoms with E-state index < -0.39 is 6.04 Å². The molecule has 0 aliphatic rings. The number of rotatable bonds is 4. The molecule has 0 spiro atoms. The van der Waals surface area contributed by atoms with Gasteiger partial charge in [-0.25, -0.2) is 0 Å². The van der Waals surface area contributed by atoms with E-state index in [1.165, 1.54) is 5.56 Å². The molecular weight excluding hydrogens is 304 g/mol. The minimum Gasteiger partial charge on any atom is -0.352 e.